The highest BCUT2D eigenvalue weighted by molar-refractivity contribution is 7.45. The minimum Gasteiger partial charge on any atom is -0.756 e. The molecule has 69 heavy (non-hydrogen) atoms. The Balaban J connectivity index is 5.43. The van der Waals surface area contributed by atoms with E-state index in [1.807, 2.05) is 33.3 Å². The molecule has 396 valence electrons. The van der Waals surface area contributed by atoms with E-state index in [9.17, 15) is 19.0 Å². The number of nitrogens with one attached hydrogen (secondary N) is 1. The van der Waals surface area contributed by atoms with Gasteiger partial charge in [0.2, 0.25) is 5.91 Å². The largest absolute Gasteiger partial charge is 0.756 e. The molecule has 1 N–H and O–H groups in total. The third kappa shape index (κ3) is 49.7. The molecule has 9 nitrogen and oxygen atoms in total. The van der Waals surface area contributed by atoms with Crippen molar-refractivity contribution in [1.82, 2.24) is 5.32 Å². The van der Waals surface area contributed by atoms with E-state index in [0.717, 1.165) is 96.3 Å². The quantitative estimate of drug-likeness (QED) is 0.0161. The van der Waals surface area contributed by atoms with Crippen molar-refractivity contribution in [2.75, 3.05) is 40.9 Å². The highest BCUT2D eigenvalue weighted by Crippen LogP contribution is 2.38. The van der Waals surface area contributed by atoms with Gasteiger partial charge in [-0.05, 0) is 96.0 Å². The number of likely N-dealkylation sites (N-methyl/N-ethyl adjacent to an activating group) is 1. The van der Waals surface area contributed by atoms with Crippen molar-refractivity contribution in [3.05, 3.63) is 97.2 Å². The number of quaternary nitrogens is 1. The fourth-order valence-corrected chi connectivity index (χ4v) is 7.99. The van der Waals surface area contributed by atoms with Gasteiger partial charge in [-0.25, -0.2) is 0 Å². The van der Waals surface area contributed by atoms with Gasteiger partial charge in [-0.15, -0.1) is 0 Å². The molecule has 0 aliphatic carbocycles. The Hall–Kier alpha value is -3.07. The molecule has 0 saturated carbocycles. The lowest BCUT2D eigenvalue weighted by atomic mass is 10.1. The van der Waals surface area contributed by atoms with Gasteiger partial charge >= 0.3 is 5.97 Å². The molecule has 0 fully saturated rings. The third-order valence-corrected chi connectivity index (χ3v) is 12.5. The summed E-state index contributed by atoms with van der Waals surface area (Å²) >= 11 is 0. The normalized spacial score (nSPS) is 14.6. The summed E-state index contributed by atoms with van der Waals surface area (Å²) in [5.74, 6) is -0.610. The predicted molar refractivity (Wildman–Crippen MR) is 293 cm³/mol. The molecule has 3 unspecified atom stereocenters. The summed E-state index contributed by atoms with van der Waals surface area (Å²) in [7, 11) is 1.13. The lowest BCUT2D eigenvalue weighted by Gasteiger charge is -2.30. The minimum atomic E-state index is -4.71. The lowest BCUT2D eigenvalue weighted by Crippen LogP contribution is -2.47. The van der Waals surface area contributed by atoms with Crippen LogP contribution in [0.2, 0.25) is 0 Å². The molecule has 0 spiro atoms. The van der Waals surface area contributed by atoms with Crippen LogP contribution in [0.15, 0.2) is 97.2 Å². The summed E-state index contributed by atoms with van der Waals surface area (Å²) in [4.78, 5) is 39.7. The molecule has 1 amide bonds. The first kappa shape index (κ1) is 65.9. The molecule has 0 bridgehead atoms. The Bertz CT molecular complexity index is 1510. The zero-order chi connectivity index (χ0) is 50.8. The van der Waals surface area contributed by atoms with Crippen LogP contribution in [0.3, 0.4) is 0 Å². The monoisotopic (exact) mass is 983 g/mol. The number of allylic oxidation sites excluding steroid dienone is 15. The third-order valence-electron chi connectivity index (χ3n) is 11.6. The van der Waals surface area contributed by atoms with Crippen LogP contribution in [-0.2, 0) is 27.9 Å². The van der Waals surface area contributed by atoms with E-state index >= 15 is 0 Å². The number of esters is 1. The van der Waals surface area contributed by atoms with Crippen LogP contribution >= 0.6 is 7.82 Å². The summed E-state index contributed by atoms with van der Waals surface area (Å²) in [6, 6.07) is -0.916. The van der Waals surface area contributed by atoms with Crippen LogP contribution in [0, 0.1) is 0 Å². The first-order valence-electron chi connectivity index (χ1n) is 27.6. The maximum absolute atomic E-state index is 13.4. The molecular formula is C59H103N2O7P. The summed E-state index contributed by atoms with van der Waals surface area (Å²) in [6.07, 6.45) is 63.7. The number of ether oxygens (including phenoxy) is 1. The van der Waals surface area contributed by atoms with Gasteiger partial charge in [0, 0.05) is 12.8 Å². The molecule has 10 heteroatoms. The summed E-state index contributed by atoms with van der Waals surface area (Å²) in [6.45, 7) is 6.61. The second-order valence-corrected chi connectivity index (χ2v) is 20.8. The van der Waals surface area contributed by atoms with Crippen molar-refractivity contribution >= 4 is 19.7 Å². The smallest absolute Gasteiger partial charge is 0.306 e. The van der Waals surface area contributed by atoms with Gasteiger partial charge in [0.25, 0.3) is 7.82 Å². The zero-order valence-electron chi connectivity index (χ0n) is 45.0. The van der Waals surface area contributed by atoms with E-state index in [1.54, 1.807) is 6.08 Å². The Morgan fingerprint density at radius 2 is 0.986 bits per heavy atom. The molecular weight excluding hydrogens is 880 g/mol. The number of rotatable bonds is 48. The number of phosphoric ester groups is 1. The average molecular weight is 983 g/mol. The summed E-state index contributed by atoms with van der Waals surface area (Å²) in [5.41, 5.74) is 0. The molecule has 0 aliphatic rings. The zero-order valence-corrected chi connectivity index (χ0v) is 45.9. The molecule has 0 saturated heterocycles. The molecule has 3 atom stereocenters. The molecule has 0 aromatic rings. The van der Waals surface area contributed by atoms with E-state index in [2.05, 4.69) is 105 Å². The Morgan fingerprint density at radius 1 is 0.536 bits per heavy atom. The SMILES string of the molecule is CC/C=C/C=C/C=C\CCCCCCCC(=O)NC(COP(=O)([O-])OCC[N+](C)(C)C)C(/C=C\CCCCCCCCCCC)OC(=O)CCCCC/C=C\C/C=C\C/C=C\C/C=C\CCCCC. The molecule has 0 radical (unpaired) electrons. The molecule has 0 heterocycles. The predicted octanol–water partition coefficient (Wildman–Crippen LogP) is 15.8. The average Bonchev–Trinajstić information content (AvgIpc) is 3.31. The number of hydrogen-bond donors (Lipinski definition) is 1. The highest BCUT2D eigenvalue weighted by atomic mass is 31.2. The number of carbonyl (C=O) groups is 2. The van der Waals surface area contributed by atoms with E-state index in [0.29, 0.717) is 23.9 Å². The number of hydrogen-bond acceptors (Lipinski definition) is 7. The summed E-state index contributed by atoms with van der Waals surface area (Å²) in [5, 5.41) is 2.99. The van der Waals surface area contributed by atoms with Crippen LogP contribution in [0.25, 0.3) is 0 Å². The van der Waals surface area contributed by atoms with Crippen LogP contribution in [0.4, 0.5) is 0 Å². The number of phosphoric acid groups is 1. The second-order valence-electron chi connectivity index (χ2n) is 19.4. The van der Waals surface area contributed by atoms with Crippen molar-refractivity contribution in [2.45, 2.75) is 226 Å². The Morgan fingerprint density at radius 3 is 1.55 bits per heavy atom. The number of unbranched alkanes of at least 4 members (excludes halogenated alkanes) is 20. The van der Waals surface area contributed by atoms with Crippen LogP contribution < -0.4 is 10.2 Å². The topological polar surface area (TPSA) is 114 Å². The van der Waals surface area contributed by atoms with Crippen molar-refractivity contribution in [3.63, 3.8) is 0 Å². The van der Waals surface area contributed by atoms with Crippen molar-refractivity contribution in [3.8, 4) is 0 Å². The fourth-order valence-electron chi connectivity index (χ4n) is 7.27. The van der Waals surface area contributed by atoms with E-state index < -0.39 is 26.6 Å². The maximum Gasteiger partial charge on any atom is 0.306 e. The first-order valence-corrected chi connectivity index (χ1v) is 29.0. The Labute approximate surface area is 424 Å². The van der Waals surface area contributed by atoms with E-state index in [-0.39, 0.29) is 31.3 Å². The second kappa shape index (κ2) is 48.6. The van der Waals surface area contributed by atoms with Crippen molar-refractivity contribution < 1.29 is 37.3 Å². The van der Waals surface area contributed by atoms with Gasteiger partial charge in [0.05, 0.1) is 33.8 Å². The van der Waals surface area contributed by atoms with Gasteiger partial charge in [0.1, 0.15) is 19.3 Å². The minimum absolute atomic E-state index is 0.0369. The summed E-state index contributed by atoms with van der Waals surface area (Å²) < 4.78 is 30.1. The van der Waals surface area contributed by atoms with Crippen molar-refractivity contribution in [1.29, 1.82) is 0 Å². The van der Waals surface area contributed by atoms with Gasteiger partial charge in [-0.3, -0.25) is 14.2 Å². The van der Waals surface area contributed by atoms with E-state index in [1.165, 1.54) is 70.6 Å². The molecule has 0 aromatic carbocycles. The Kier molecular flexibility index (Phi) is 46.4. The van der Waals surface area contributed by atoms with Gasteiger partial charge < -0.3 is 28.5 Å². The number of amides is 1. The van der Waals surface area contributed by atoms with Crippen LogP contribution in [0.5, 0.6) is 0 Å². The number of nitrogens with zero attached hydrogens (tertiary/aromatic N) is 1. The van der Waals surface area contributed by atoms with Gasteiger partial charge in [-0.2, -0.15) is 0 Å². The van der Waals surface area contributed by atoms with Gasteiger partial charge in [0.15, 0.2) is 0 Å². The number of carbonyl (C=O) groups excluding carboxylic acids is 2. The fraction of sp³-hybridized carbons (Fsp3) is 0.695. The van der Waals surface area contributed by atoms with E-state index in [4.69, 9.17) is 13.8 Å². The standard InChI is InChI=1S/C59H103N2O7P/c1-7-10-13-16-19-22-25-27-28-29-30-31-32-34-37-40-43-46-49-52-59(63)68-57(50-47-44-41-38-35-24-21-18-15-12-9-3)56(55-67-69(64,65)66-54-53-61(4,5)6)60-58(62)51-48-45-42-39-36-33-26-23-20-17-14-11-8-2/h11,14,17,19-20,22-23,26-28,30-31,34,37,47,50,56-57H,7-10,12-13,15-16,18,21,24-25,29,32-33,35-36,38-46,48-49,51-55H2,1-6H3,(H-,60,62,64,65)/b14-11+,20-17+,22-19-,26-23-,28-27-,31-30-,37-34-,50-47-. The highest BCUT2D eigenvalue weighted by Gasteiger charge is 2.27. The first-order chi connectivity index (χ1) is 33.4. The van der Waals surface area contributed by atoms with Gasteiger partial charge in [-0.1, -0.05) is 202 Å². The van der Waals surface area contributed by atoms with Crippen molar-refractivity contribution in [2.24, 2.45) is 0 Å². The molecule has 0 aromatic heterocycles. The molecule has 0 aliphatic heterocycles. The maximum atomic E-state index is 13.4. The molecule has 0 rings (SSSR count). The lowest BCUT2D eigenvalue weighted by molar-refractivity contribution is -0.870. The van der Waals surface area contributed by atoms with Crippen LogP contribution in [-0.4, -0.2) is 69.4 Å². The van der Waals surface area contributed by atoms with Crippen LogP contribution in [0.1, 0.15) is 213 Å².